The minimum atomic E-state index is -0.659. The van der Waals surface area contributed by atoms with Crippen molar-refractivity contribution < 1.29 is 9.90 Å². The van der Waals surface area contributed by atoms with Crippen molar-refractivity contribution in [2.24, 2.45) is 5.92 Å². The van der Waals surface area contributed by atoms with Crippen molar-refractivity contribution in [3.63, 3.8) is 0 Å². The minimum absolute atomic E-state index is 0.320. The molecule has 2 unspecified atom stereocenters. The fraction of sp³-hybridized carbons (Fsp3) is 0.500. The van der Waals surface area contributed by atoms with E-state index in [2.05, 4.69) is 23.1 Å². The Hall–Kier alpha value is -1.62. The van der Waals surface area contributed by atoms with Crippen molar-refractivity contribution >= 4 is 32.7 Å². The third-order valence-electron chi connectivity index (χ3n) is 4.80. The largest absolute Gasteiger partial charge is 0.481 e. The molecule has 4 nitrogen and oxygen atoms in total. The van der Waals surface area contributed by atoms with Crippen LogP contribution in [0.2, 0.25) is 0 Å². The van der Waals surface area contributed by atoms with Gasteiger partial charge in [-0.05, 0) is 43.7 Å². The second kappa shape index (κ2) is 4.98. The van der Waals surface area contributed by atoms with Gasteiger partial charge < -0.3 is 10.0 Å². The lowest BCUT2D eigenvalue weighted by molar-refractivity contribution is -0.138. The Morgan fingerprint density at radius 2 is 2.00 bits per heavy atom. The van der Waals surface area contributed by atoms with Gasteiger partial charge in [-0.25, -0.2) is 4.98 Å². The highest BCUT2D eigenvalue weighted by atomic mass is 32.1. The van der Waals surface area contributed by atoms with Gasteiger partial charge in [-0.15, -0.1) is 0 Å². The number of anilines is 1. The molecule has 0 amide bonds. The Balaban J connectivity index is 1.60. The summed E-state index contributed by atoms with van der Waals surface area (Å²) in [6, 6.07) is 9.23. The van der Waals surface area contributed by atoms with Crippen LogP contribution in [0.15, 0.2) is 24.3 Å². The van der Waals surface area contributed by atoms with Crippen LogP contribution in [0.25, 0.3) is 10.2 Å². The van der Waals surface area contributed by atoms with E-state index in [-0.39, 0.29) is 0 Å². The maximum Gasteiger partial charge on any atom is 0.303 e. The topological polar surface area (TPSA) is 53.4 Å². The highest BCUT2D eigenvalue weighted by Crippen LogP contribution is 2.44. The lowest BCUT2D eigenvalue weighted by atomic mass is 9.88. The number of carboxylic acids is 1. The van der Waals surface area contributed by atoms with E-state index in [9.17, 15) is 4.79 Å². The summed E-state index contributed by atoms with van der Waals surface area (Å²) in [7, 11) is 0. The smallest absolute Gasteiger partial charge is 0.303 e. The minimum Gasteiger partial charge on any atom is -0.481 e. The number of hydrogen-bond donors (Lipinski definition) is 1. The van der Waals surface area contributed by atoms with Crippen LogP contribution in [0, 0.1) is 5.92 Å². The Morgan fingerprint density at radius 1 is 1.29 bits per heavy atom. The lowest BCUT2D eigenvalue weighted by Crippen LogP contribution is -2.43. The molecule has 1 aromatic carbocycles. The van der Waals surface area contributed by atoms with Crippen molar-refractivity contribution in [2.75, 3.05) is 4.90 Å². The third-order valence-corrected chi connectivity index (χ3v) is 5.85. The first-order chi connectivity index (χ1) is 10.2. The predicted molar refractivity (Wildman–Crippen MR) is 83.9 cm³/mol. The van der Waals surface area contributed by atoms with Crippen molar-refractivity contribution in [3.8, 4) is 0 Å². The molecule has 2 aromatic rings. The molecule has 0 radical (unpaired) electrons. The van der Waals surface area contributed by atoms with Crippen LogP contribution < -0.4 is 4.90 Å². The SMILES string of the molecule is O=C(O)CC1CC2CCC(C1)N2c1nc2ccccc2s1. The number of para-hydroxylation sites is 1. The summed E-state index contributed by atoms with van der Waals surface area (Å²) in [5, 5.41) is 10.1. The monoisotopic (exact) mass is 302 g/mol. The molecular weight excluding hydrogens is 284 g/mol. The number of piperidine rings is 1. The van der Waals surface area contributed by atoms with E-state index >= 15 is 0 Å². The number of thiazole rings is 1. The van der Waals surface area contributed by atoms with E-state index in [1.807, 2.05) is 6.07 Å². The summed E-state index contributed by atoms with van der Waals surface area (Å²) in [6.45, 7) is 0. The molecular formula is C16H18N2O2S. The van der Waals surface area contributed by atoms with Gasteiger partial charge in [-0.2, -0.15) is 0 Å². The summed E-state index contributed by atoms with van der Waals surface area (Å²) >= 11 is 1.76. The number of aliphatic carboxylic acids is 1. The molecule has 4 rings (SSSR count). The molecule has 2 atom stereocenters. The number of carboxylic acid groups (broad SMARTS) is 1. The van der Waals surface area contributed by atoms with Crippen molar-refractivity contribution in [1.29, 1.82) is 0 Å². The number of benzene rings is 1. The van der Waals surface area contributed by atoms with Crippen LogP contribution in [0.3, 0.4) is 0 Å². The quantitative estimate of drug-likeness (QED) is 0.942. The van der Waals surface area contributed by atoms with Gasteiger partial charge in [0.25, 0.3) is 0 Å². The molecule has 0 aliphatic carbocycles. The van der Waals surface area contributed by atoms with Gasteiger partial charge in [-0.3, -0.25) is 4.79 Å². The Labute approximate surface area is 127 Å². The van der Waals surface area contributed by atoms with Crippen LogP contribution in [0.4, 0.5) is 5.13 Å². The van der Waals surface area contributed by atoms with Crippen molar-refractivity contribution in [1.82, 2.24) is 4.98 Å². The van der Waals surface area contributed by atoms with Crippen LogP contribution >= 0.6 is 11.3 Å². The summed E-state index contributed by atoms with van der Waals surface area (Å²) in [6.07, 6.45) is 4.67. The number of fused-ring (bicyclic) bond motifs is 3. The zero-order valence-corrected chi connectivity index (χ0v) is 12.6. The second-order valence-corrected chi connectivity index (χ2v) is 7.20. The maximum atomic E-state index is 10.9. The normalized spacial score (nSPS) is 28.2. The Morgan fingerprint density at radius 3 is 2.67 bits per heavy atom. The summed E-state index contributed by atoms with van der Waals surface area (Å²) in [5.41, 5.74) is 1.07. The van der Waals surface area contributed by atoms with Gasteiger partial charge in [0, 0.05) is 18.5 Å². The maximum absolute atomic E-state index is 10.9. The molecule has 110 valence electrons. The molecule has 2 aliphatic rings. The van der Waals surface area contributed by atoms with E-state index in [0.29, 0.717) is 24.4 Å². The van der Waals surface area contributed by atoms with Gasteiger partial charge >= 0.3 is 5.97 Å². The van der Waals surface area contributed by atoms with E-state index < -0.39 is 5.97 Å². The number of aromatic nitrogens is 1. The molecule has 3 heterocycles. The van der Waals surface area contributed by atoms with Crippen molar-refractivity contribution in [2.45, 2.75) is 44.2 Å². The molecule has 0 saturated carbocycles. The zero-order chi connectivity index (χ0) is 14.4. The average molecular weight is 302 g/mol. The number of nitrogens with zero attached hydrogens (tertiary/aromatic N) is 2. The van der Waals surface area contributed by atoms with E-state index in [1.165, 1.54) is 17.5 Å². The first-order valence-corrected chi connectivity index (χ1v) is 8.38. The molecule has 2 bridgehead atoms. The van der Waals surface area contributed by atoms with Gasteiger partial charge in [0.2, 0.25) is 0 Å². The Kier molecular flexibility index (Phi) is 3.10. The fourth-order valence-electron chi connectivity index (χ4n) is 3.99. The Bertz CT molecular complexity index is 637. The number of carbonyl (C=O) groups is 1. The number of rotatable bonds is 3. The number of hydrogen-bond acceptors (Lipinski definition) is 4. The van der Waals surface area contributed by atoms with Crippen LogP contribution in [0.5, 0.6) is 0 Å². The molecule has 0 spiro atoms. The predicted octanol–water partition coefficient (Wildman–Crippen LogP) is 3.52. The average Bonchev–Trinajstić information content (AvgIpc) is 2.97. The standard InChI is InChI=1S/C16H18N2O2S/c19-15(20)9-10-7-11-5-6-12(8-10)18(11)16-17-13-3-1-2-4-14(13)21-16/h1-4,10-12H,5-9H2,(H,19,20). The third kappa shape index (κ3) is 2.29. The first kappa shape index (κ1) is 13.1. The van der Waals surface area contributed by atoms with Crippen LogP contribution in [0.1, 0.15) is 32.1 Å². The van der Waals surface area contributed by atoms with E-state index in [4.69, 9.17) is 10.1 Å². The first-order valence-electron chi connectivity index (χ1n) is 7.56. The van der Waals surface area contributed by atoms with Crippen LogP contribution in [-0.2, 0) is 4.79 Å². The zero-order valence-electron chi connectivity index (χ0n) is 11.7. The van der Waals surface area contributed by atoms with Gasteiger partial charge in [-0.1, -0.05) is 23.5 Å². The molecule has 2 saturated heterocycles. The highest BCUT2D eigenvalue weighted by molar-refractivity contribution is 7.22. The lowest BCUT2D eigenvalue weighted by Gasteiger charge is -2.38. The summed E-state index contributed by atoms with van der Waals surface area (Å²) in [4.78, 5) is 18.2. The molecule has 1 aromatic heterocycles. The van der Waals surface area contributed by atoms with Gasteiger partial charge in [0.15, 0.2) is 5.13 Å². The second-order valence-electron chi connectivity index (χ2n) is 6.19. The van der Waals surface area contributed by atoms with Gasteiger partial charge in [0.05, 0.1) is 10.2 Å². The van der Waals surface area contributed by atoms with Crippen LogP contribution in [-0.4, -0.2) is 28.1 Å². The molecule has 5 heteroatoms. The molecule has 2 aliphatic heterocycles. The molecule has 1 N–H and O–H groups in total. The molecule has 21 heavy (non-hydrogen) atoms. The summed E-state index contributed by atoms with van der Waals surface area (Å²) < 4.78 is 1.24. The highest BCUT2D eigenvalue weighted by Gasteiger charge is 2.42. The van der Waals surface area contributed by atoms with Crippen molar-refractivity contribution in [3.05, 3.63) is 24.3 Å². The summed E-state index contributed by atoms with van der Waals surface area (Å²) in [5.74, 6) is -0.321. The molecule has 2 fully saturated rings. The van der Waals surface area contributed by atoms with Gasteiger partial charge in [0.1, 0.15) is 0 Å². The van der Waals surface area contributed by atoms with E-state index in [0.717, 1.165) is 23.5 Å². The fourth-order valence-corrected chi connectivity index (χ4v) is 5.10. The van der Waals surface area contributed by atoms with E-state index in [1.54, 1.807) is 11.3 Å².